The van der Waals surface area contributed by atoms with Crippen LogP contribution in [0.15, 0.2) is 4.63 Å². The largest absolute Gasteiger partial charge is 0.396 e. The summed E-state index contributed by atoms with van der Waals surface area (Å²) in [6.07, 6.45) is 0. The van der Waals surface area contributed by atoms with E-state index >= 15 is 0 Å². The summed E-state index contributed by atoms with van der Waals surface area (Å²) in [5, 5.41) is 19.6. The molecule has 2 N–H and O–H groups in total. The third-order valence-corrected chi connectivity index (χ3v) is 2.48. The standard InChI is InChI=1S/C9H17N3O2/c1-6(5-13)7(2)10-4-9-8(3)11-14-12-9/h6-7,10,13H,4-5H2,1-3H3. The summed E-state index contributed by atoms with van der Waals surface area (Å²) in [4.78, 5) is 0. The Morgan fingerprint density at radius 1 is 1.43 bits per heavy atom. The van der Waals surface area contributed by atoms with Gasteiger partial charge in [0, 0.05) is 19.2 Å². The molecule has 0 spiro atoms. The van der Waals surface area contributed by atoms with E-state index in [1.54, 1.807) is 0 Å². The molecule has 1 rings (SSSR count). The van der Waals surface area contributed by atoms with Crippen LogP contribution in [0.5, 0.6) is 0 Å². The number of aliphatic hydroxyl groups excluding tert-OH is 1. The Morgan fingerprint density at radius 2 is 2.14 bits per heavy atom. The molecule has 5 nitrogen and oxygen atoms in total. The second-order valence-electron chi connectivity index (χ2n) is 3.63. The van der Waals surface area contributed by atoms with E-state index in [-0.39, 0.29) is 18.6 Å². The minimum absolute atomic E-state index is 0.185. The van der Waals surface area contributed by atoms with Gasteiger partial charge in [0.2, 0.25) is 0 Å². The molecule has 14 heavy (non-hydrogen) atoms. The van der Waals surface area contributed by atoms with Crippen LogP contribution in [0, 0.1) is 12.8 Å². The number of aromatic nitrogens is 2. The van der Waals surface area contributed by atoms with Crippen LogP contribution < -0.4 is 5.32 Å². The van der Waals surface area contributed by atoms with Gasteiger partial charge in [-0.1, -0.05) is 17.2 Å². The molecular formula is C9H17N3O2. The number of hydrogen-bond acceptors (Lipinski definition) is 5. The van der Waals surface area contributed by atoms with Crippen molar-refractivity contribution in [2.45, 2.75) is 33.4 Å². The van der Waals surface area contributed by atoms with Gasteiger partial charge in [0.1, 0.15) is 11.4 Å². The van der Waals surface area contributed by atoms with E-state index < -0.39 is 0 Å². The fourth-order valence-electron chi connectivity index (χ4n) is 1.03. The van der Waals surface area contributed by atoms with Crippen molar-refractivity contribution in [3.05, 3.63) is 11.4 Å². The predicted octanol–water partition coefficient (Wildman–Crippen LogP) is 0.485. The van der Waals surface area contributed by atoms with E-state index in [1.165, 1.54) is 0 Å². The van der Waals surface area contributed by atoms with Crippen LogP contribution in [0.1, 0.15) is 25.2 Å². The number of hydrogen-bond donors (Lipinski definition) is 2. The first-order valence-electron chi connectivity index (χ1n) is 4.77. The lowest BCUT2D eigenvalue weighted by atomic mass is 10.1. The van der Waals surface area contributed by atoms with Gasteiger partial charge in [-0.25, -0.2) is 4.63 Å². The summed E-state index contributed by atoms with van der Waals surface area (Å²) in [6, 6.07) is 0.246. The zero-order valence-corrected chi connectivity index (χ0v) is 8.82. The molecule has 2 atom stereocenters. The summed E-state index contributed by atoms with van der Waals surface area (Å²) in [7, 11) is 0. The maximum absolute atomic E-state index is 8.93. The second kappa shape index (κ2) is 5.07. The second-order valence-corrected chi connectivity index (χ2v) is 3.63. The molecule has 2 unspecified atom stereocenters. The average Bonchev–Trinajstić information content (AvgIpc) is 2.59. The highest BCUT2D eigenvalue weighted by Gasteiger charge is 2.12. The van der Waals surface area contributed by atoms with E-state index in [2.05, 4.69) is 20.3 Å². The molecule has 5 heteroatoms. The van der Waals surface area contributed by atoms with Gasteiger partial charge in [-0.3, -0.25) is 0 Å². The quantitative estimate of drug-likeness (QED) is 0.722. The minimum Gasteiger partial charge on any atom is -0.396 e. The molecule has 0 aromatic carbocycles. The number of rotatable bonds is 5. The fourth-order valence-corrected chi connectivity index (χ4v) is 1.03. The van der Waals surface area contributed by atoms with Gasteiger partial charge < -0.3 is 10.4 Å². The van der Waals surface area contributed by atoms with Crippen molar-refractivity contribution in [2.75, 3.05) is 6.61 Å². The Bertz CT molecular complexity index is 275. The van der Waals surface area contributed by atoms with E-state index in [1.807, 2.05) is 20.8 Å². The van der Waals surface area contributed by atoms with E-state index in [0.29, 0.717) is 6.54 Å². The number of aliphatic hydroxyl groups is 1. The average molecular weight is 199 g/mol. The van der Waals surface area contributed by atoms with Crippen molar-refractivity contribution in [3.63, 3.8) is 0 Å². The van der Waals surface area contributed by atoms with Crippen LogP contribution in [0.2, 0.25) is 0 Å². The molecule has 1 aromatic rings. The highest BCUT2D eigenvalue weighted by molar-refractivity contribution is 5.04. The lowest BCUT2D eigenvalue weighted by molar-refractivity contribution is 0.206. The summed E-state index contributed by atoms with van der Waals surface area (Å²) in [5.41, 5.74) is 1.63. The third kappa shape index (κ3) is 2.78. The minimum atomic E-state index is 0.185. The zero-order chi connectivity index (χ0) is 10.6. The first-order valence-corrected chi connectivity index (χ1v) is 4.77. The van der Waals surface area contributed by atoms with Gasteiger partial charge in [-0.15, -0.1) is 0 Å². The summed E-state index contributed by atoms with van der Waals surface area (Å²) >= 11 is 0. The molecule has 0 aliphatic carbocycles. The Balaban J connectivity index is 2.37. The van der Waals surface area contributed by atoms with Crippen LogP contribution >= 0.6 is 0 Å². The van der Waals surface area contributed by atoms with Gasteiger partial charge in [-0.2, -0.15) is 0 Å². The molecular weight excluding hydrogens is 182 g/mol. The topological polar surface area (TPSA) is 71.2 Å². The van der Waals surface area contributed by atoms with E-state index in [4.69, 9.17) is 5.11 Å². The first kappa shape index (κ1) is 11.1. The normalized spacial score (nSPS) is 15.4. The Kier molecular flexibility index (Phi) is 4.03. The van der Waals surface area contributed by atoms with Gasteiger partial charge in [0.05, 0.1) is 0 Å². The monoisotopic (exact) mass is 199 g/mol. The molecule has 0 aliphatic rings. The van der Waals surface area contributed by atoms with Crippen molar-refractivity contribution in [3.8, 4) is 0 Å². The van der Waals surface area contributed by atoms with Crippen LogP contribution in [0.25, 0.3) is 0 Å². The molecule has 0 fully saturated rings. The number of nitrogens with zero attached hydrogens (tertiary/aromatic N) is 2. The highest BCUT2D eigenvalue weighted by atomic mass is 16.6. The van der Waals surface area contributed by atoms with Crippen molar-refractivity contribution < 1.29 is 9.74 Å². The molecule has 0 saturated heterocycles. The Hall–Kier alpha value is -0.940. The van der Waals surface area contributed by atoms with E-state index in [0.717, 1.165) is 11.4 Å². The molecule has 1 aromatic heterocycles. The molecule has 0 bridgehead atoms. The Labute approximate surface area is 83.5 Å². The lowest BCUT2D eigenvalue weighted by Crippen LogP contribution is -2.33. The smallest absolute Gasteiger partial charge is 0.121 e. The fraction of sp³-hybridized carbons (Fsp3) is 0.778. The van der Waals surface area contributed by atoms with Crippen molar-refractivity contribution in [1.82, 2.24) is 15.6 Å². The van der Waals surface area contributed by atoms with Gasteiger partial charge >= 0.3 is 0 Å². The van der Waals surface area contributed by atoms with Gasteiger partial charge in [0.25, 0.3) is 0 Å². The van der Waals surface area contributed by atoms with Crippen LogP contribution in [0.4, 0.5) is 0 Å². The van der Waals surface area contributed by atoms with E-state index in [9.17, 15) is 0 Å². The maximum Gasteiger partial charge on any atom is 0.121 e. The Morgan fingerprint density at radius 3 is 2.64 bits per heavy atom. The SMILES string of the molecule is Cc1nonc1CNC(C)C(C)CO. The molecule has 0 saturated carbocycles. The molecule has 0 amide bonds. The van der Waals surface area contributed by atoms with Crippen molar-refractivity contribution in [2.24, 2.45) is 5.92 Å². The summed E-state index contributed by atoms with van der Waals surface area (Å²) in [5.74, 6) is 0.232. The predicted molar refractivity (Wildman–Crippen MR) is 51.6 cm³/mol. The number of nitrogens with one attached hydrogen (secondary N) is 1. The highest BCUT2D eigenvalue weighted by Crippen LogP contribution is 2.04. The van der Waals surface area contributed by atoms with Crippen molar-refractivity contribution in [1.29, 1.82) is 0 Å². The van der Waals surface area contributed by atoms with Gasteiger partial charge in [-0.05, 0) is 19.8 Å². The number of aryl methyl sites for hydroxylation is 1. The lowest BCUT2D eigenvalue weighted by Gasteiger charge is -2.18. The van der Waals surface area contributed by atoms with Crippen LogP contribution in [0.3, 0.4) is 0 Å². The van der Waals surface area contributed by atoms with Crippen LogP contribution in [-0.4, -0.2) is 28.1 Å². The van der Waals surface area contributed by atoms with Crippen LogP contribution in [-0.2, 0) is 6.54 Å². The summed E-state index contributed by atoms with van der Waals surface area (Å²) < 4.78 is 4.57. The molecule has 0 radical (unpaired) electrons. The van der Waals surface area contributed by atoms with Crippen molar-refractivity contribution >= 4 is 0 Å². The van der Waals surface area contributed by atoms with Gasteiger partial charge in [0.15, 0.2) is 0 Å². The third-order valence-electron chi connectivity index (χ3n) is 2.48. The molecule has 80 valence electrons. The molecule has 1 heterocycles. The maximum atomic E-state index is 8.93. The zero-order valence-electron chi connectivity index (χ0n) is 8.82. The molecule has 0 aliphatic heterocycles. The summed E-state index contributed by atoms with van der Waals surface area (Å²) in [6.45, 7) is 6.69. The first-order chi connectivity index (χ1) is 6.65.